The largest absolute Gasteiger partial charge is 0.133 e. The number of hydrogen-bond acceptors (Lipinski definition) is 1. The molecule has 0 fully saturated rings. The molecule has 0 saturated heterocycles. The number of halogens is 2. The molecule has 15 heavy (non-hydrogen) atoms. The van der Waals surface area contributed by atoms with E-state index in [4.69, 9.17) is 11.6 Å². The summed E-state index contributed by atoms with van der Waals surface area (Å²) in [5.74, 6) is 0.458. The van der Waals surface area contributed by atoms with E-state index in [1.54, 1.807) is 11.3 Å². The first-order valence-electron chi connectivity index (χ1n) is 5.13. The first kappa shape index (κ1) is 13.5. The molecule has 0 N–H and O–H groups in total. The maximum atomic E-state index is 6.55. The van der Waals surface area contributed by atoms with Crippen LogP contribution in [-0.4, -0.2) is 0 Å². The molecule has 0 aliphatic heterocycles. The summed E-state index contributed by atoms with van der Waals surface area (Å²) >= 11 is 11.8. The molecule has 3 heteroatoms. The summed E-state index contributed by atoms with van der Waals surface area (Å²) in [5, 5.41) is 0.104. The lowest BCUT2D eigenvalue weighted by Crippen LogP contribution is -2.21. The van der Waals surface area contributed by atoms with Gasteiger partial charge in [0.15, 0.2) is 0 Å². The van der Waals surface area contributed by atoms with Crippen LogP contribution in [0.1, 0.15) is 43.5 Å². The molecule has 0 amide bonds. The minimum atomic E-state index is 0.104. The Kier molecular flexibility index (Phi) is 4.30. The fourth-order valence-corrected chi connectivity index (χ4v) is 3.87. The Morgan fingerprint density at radius 3 is 2.27 bits per heavy atom. The molecule has 1 rings (SSSR count). The summed E-state index contributed by atoms with van der Waals surface area (Å²) in [6, 6.07) is 2.15. The van der Waals surface area contributed by atoms with Crippen molar-refractivity contribution in [3.63, 3.8) is 0 Å². The summed E-state index contributed by atoms with van der Waals surface area (Å²) in [4.78, 5) is 1.32. The van der Waals surface area contributed by atoms with Crippen LogP contribution in [-0.2, 0) is 0 Å². The lowest BCUT2D eigenvalue weighted by atomic mass is 9.78. The van der Waals surface area contributed by atoms with Gasteiger partial charge in [-0.3, -0.25) is 0 Å². The van der Waals surface area contributed by atoms with Crippen LogP contribution in [0.15, 0.2) is 9.85 Å². The highest BCUT2D eigenvalue weighted by Gasteiger charge is 2.29. The van der Waals surface area contributed by atoms with Crippen LogP contribution >= 0.6 is 38.9 Å². The monoisotopic (exact) mass is 308 g/mol. The van der Waals surface area contributed by atoms with E-state index in [0.29, 0.717) is 5.92 Å². The SMILES string of the molecule is Cc1sc(Br)cc1C(Cl)C(C)C(C)(C)C. The Balaban J connectivity index is 2.94. The van der Waals surface area contributed by atoms with Crippen molar-refractivity contribution in [2.24, 2.45) is 11.3 Å². The van der Waals surface area contributed by atoms with Gasteiger partial charge in [0.25, 0.3) is 0 Å². The predicted molar refractivity (Wildman–Crippen MR) is 74.0 cm³/mol. The molecule has 2 unspecified atom stereocenters. The zero-order valence-corrected chi connectivity index (χ0v) is 13.1. The smallest absolute Gasteiger partial charge is 0.0704 e. The minimum Gasteiger partial charge on any atom is -0.133 e. The quantitative estimate of drug-likeness (QED) is 0.607. The third kappa shape index (κ3) is 3.21. The summed E-state index contributed by atoms with van der Waals surface area (Å²) in [6.45, 7) is 11.1. The summed E-state index contributed by atoms with van der Waals surface area (Å²) in [7, 11) is 0. The number of aryl methyl sites for hydroxylation is 1. The van der Waals surface area contributed by atoms with Gasteiger partial charge in [0.2, 0.25) is 0 Å². The topological polar surface area (TPSA) is 0 Å². The average molecular weight is 310 g/mol. The number of thiophene rings is 1. The third-order valence-electron chi connectivity index (χ3n) is 3.03. The van der Waals surface area contributed by atoms with Crippen LogP contribution in [0.4, 0.5) is 0 Å². The molecule has 1 aromatic rings. The summed E-state index contributed by atoms with van der Waals surface area (Å²) in [5.41, 5.74) is 1.52. The van der Waals surface area contributed by atoms with Gasteiger partial charge >= 0.3 is 0 Å². The van der Waals surface area contributed by atoms with Gasteiger partial charge in [0, 0.05) is 4.88 Å². The van der Waals surface area contributed by atoms with Crippen LogP contribution in [0.3, 0.4) is 0 Å². The van der Waals surface area contributed by atoms with Crippen molar-refractivity contribution in [2.45, 2.75) is 40.0 Å². The average Bonchev–Trinajstić information content (AvgIpc) is 2.41. The van der Waals surface area contributed by atoms with Crippen LogP contribution in [0.5, 0.6) is 0 Å². The molecule has 0 aromatic carbocycles. The summed E-state index contributed by atoms with van der Waals surface area (Å²) in [6.07, 6.45) is 0. The molecule has 0 nitrogen and oxygen atoms in total. The lowest BCUT2D eigenvalue weighted by Gasteiger charge is -2.31. The molecule has 2 atom stereocenters. The maximum Gasteiger partial charge on any atom is 0.0704 e. The molecule has 1 heterocycles. The van der Waals surface area contributed by atoms with Gasteiger partial charge in [-0.2, -0.15) is 0 Å². The highest BCUT2D eigenvalue weighted by Crippen LogP contribution is 2.43. The van der Waals surface area contributed by atoms with Gasteiger partial charge in [-0.15, -0.1) is 22.9 Å². The Labute approximate surface area is 110 Å². The van der Waals surface area contributed by atoms with E-state index in [1.807, 2.05) is 0 Å². The van der Waals surface area contributed by atoms with Crippen molar-refractivity contribution < 1.29 is 0 Å². The highest BCUT2D eigenvalue weighted by molar-refractivity contribution is 9.11. The van der Waals surface area contributed by atoms with Gasteiger partial charge in [-0.25, -0.2) is 0 Å². The molecule has 0 aliphatic rings. The van der Waals surface area contributed by atoms with E-state index in [0.717, 1.165) is 0 Å². The first-order chi connectivity index (χ1) is 6.73. The standard InChI is InChI=1S/C12H18BrClS/c1-7(12(3,4)5)11(14)9-6-10(13)15-8(9)2/h6-7,11H,1-5H3. The molecule has 0 bridgehead atoms. The van der Waals surface area contributed by atoms with Gasteiger partial charge in [-0.05, 0) is 45.8 Å². The third-order valence-corrected chi connectivity index (χ3v) is 5.21. The van der Waals surface area contributed by atoms with E-state index in [9.17, 15) is 0 Å². The van der Waals surface area contributed by atoms with Crippen molar-refractivity contribution in [3.05, 3.63) is 20.3 Å². The van der Waals surface area contributed by atoms with Crippen LogP contribution in [0, 0.1) is 18.3 Å². The second-order valence-electron chi connectivity index (χ2n) is 5.12. The van der Waals surface area contributed by atoms with Crippen LogP contribution in [0.2, 0.25) is 0 Å². The molecule has 1 aromatic heterocycles. The molecule has 0 spiro atoms. The fourth-order valence-electron chi connectivity index (χ4n) is 1.44. The molecule has 0 radical (unpaired) electrons. The van der Waals surface area contributed by atoms with E-state index in [-0.39, 0.29) is 10.8 Å². The zero-order valence-electron chi connectivity index (χ0n) is 9.90. The molecule has 0 saturated carbocycles. The first-order valence-corrected chi connectivity index (χ1v) is 7.18. The molecule has 0 aliphatic carbocycles. The Morgan fingerprint density at radius 2 is 1.93 bits per heavy atom. The van der Waals surface area contributed by atoms with Crippen molar-refractivity contribution in [2.75, 3.05) is 0 Å². The minimum absolute atomic E-state index is 0.104. The number of rotatable bonds is 2. The summed E-state index contributed by atoms with van der Waals surface area (Å²) < 4.78 is 1.17. The molecule has 86 valence electrons. The lowest BCUT2D eigenvalue weighted by molar-refractivity contribution is 0.253. The van der Waals surface area contributed by atoms with E-state index >= 15 is 0 Å². The van der Waals surface area contributed by atoms with E-state index < -0.39 is 0 Å². The molecular weight excluding hydrogens is 292 g/mol. The van der Waals surface area contributed by atoms with Crippen molar-refractivity contribution >= 4 is 38.9 Å². The van der Waals surface area contributed by atoms with Crippen molar-refractivity contribution in [1.82, 2.24) is 0 Å². The number of alkyl halides is 1. The zero-order chi connectivity index (χ0) is 11.8. The predicted octanol–water partition coefficient (Wildman–Crippen LogP) is 5.78. The number of hydrogen-bond donors (Lipinski definition) is 0. The Hall–Kier alpha value is 0.470. The maximum absolute atomic E-state index is 6.55. The van der Waals surface area contributed by atoms with Crippen LogP contribution in [0.25, 0.3) is 0 Å². The van der Waals surface area contributed by atoms with E-state index in [1.165, 1.54) is 14.2 Å². The Morgan fingerprint density at radius 1 is 1.40 bits per heavy atom. The van der Waals surface area contributed by atoms with Gasteiger partial charge in [-0.1, -0.05) is 27.7 Å². The molecular formula is C12H18BrClS. The van der Waals surface area contributed by atoms with Gasteiger partial charge < -0.3 is 0 Å². The van der Waals surface area contributed by atoms with Crippen molar-refractivity contribution in [1.29, 1.82) is 0 Å². The second kappa shape index (κ2) is 4.77. The van der Waals surface area contributed by atoms with Gasteiger partial charge in [0.05, 0.1) is 9.16 Å². The highest BCUT2D eigenvalue weighted by atomic mass is 79.9. The van der Waals surface area contributed by atoms with Crippen molar-refractivity contribution in [3.8, 4) is 0 Å². The van der Waals surface area contributed by atoms with E-state index in [2.05, 4.69) is 56.6 Å². The fraction of sp³-hybridized carbons (Fsp3) is 0.667. The Bertz CT molecular complexity index is 338. The van der Waals surface area contributed by atoms with Gasteiger partial charge in [0.1, 0.15) is 0 Å². The normalized spacial score (nSPS) is 16.5. The second-order valence-corrected chi connectivity index (χ2v) is 8.22. The van der Waals surface area contributed by atoms with Crippen LogP contribution < -0.4 is 0 Å².